The molecule has 3 rings (SSSR count). The van der Waals surface area contributed by atoms with E-state index in [0.717, 1.165) is 0 Å². The molecule has 0 bridgehead atoms. The first-order valence-corrected chi connectivity index (χ1v) is 7.63. The van der Waals surface area contributed by atoms with E-state index in [0.29, 0.717) is 17.9 Å². The van der Waals surface area contributed by atoms with Gasteiger partial charge in [0, 0.05) is 0 Å². The molecule has 1 atom stereocenters. The Balaban J connectivity index is 1.99. The number of benzene rings is 1. The van der Waals surface area contributed by atoms with Crippen LogP contribution in [0.3, 0.4) is 0 Å². The first kappa shape index (κ1) is 11.5. The molecule has 2 heterocycles. The molecule has 5 nitrogen and oxygen atoms in total. The molecular formula is C12H13NO4S. The van der Waals surface area contributed by atoms with Crippen molar-refractivity contribution in [3.05, 3.63) is 24.3 Å². The summed E-state index contributed by atoms with van der Waals surface area (Å²) in [6, 6.07) is 6.97. The van der Waals surface area contributed by atoms with Crippen molar-refractivity contribution in [1.82, 2.24) is 0 Å². The van der Waals surface area contributed by atoms with E-state index >= 15 is 0 Å². The number of para-hydroxylation sites is 2. The first-order valence-electron chi connectivity index (χ1n) is 5.81. The van der Waals surface area contributed by atoms with Gasteiger partial charge < -0.3 is 9.64 Å². The van der Waals surface area contributed by atoms with Crippen LogP contribution in [0.5, 0.6) is 5.75 Å². The fourth-order valence-electron chi connectivity index (χ4n) is 2.50. The molecule has 18 heavy (non-hydrogen) atoms. The van der Waals surface area contributed by atoms with Gasteiger partial charge in [0.1, 0.15) is 5.75 Å². The van der Waals surface area contributed by atoms with Crippen LogP contribution in [-0.4, -0.2) is 38.5 Å². The fraction of sp³-hybridized carbons (Fsp3) is 0.417. The Morgan fingerprint density at radius 2 is 2.06 bits per heavy atom. The molecule has 0 spiro atoms. The number of sulfone groups is 1. The zero-order valence-corrected chi connectivity index (χ0v) is 10.5. The maximum Gasteiger partial charge on any atom is 0.265 e. The average molecular weight is 267 g/mol. The summed E-state index contributed by atoms with van der Waals surface area (Å²) in [6.45, 7) is -0.0203. The fourth-order valence-corrected chi connectivity index (χ4v) is 4.20. The Kier molecular flexibility index (Phi) is 2.55. The van der Waals surface area contributed by atoms with Crippen LogP contribution in [0.2, 0.25) is 0 Å². The Morgan fingerprint density at radius 3 is 2.78 bits per heavy atom. The molecule has 1 fully saturated rings. The van der Waals surface area contributed by atoms with Gasteiger partial charge in [-0.3, -0.25) is 4.79 Å². The molecule has 0 saturated carbocycles. The van der Waals surface area contributed by atoms with Gasteiger partial charge in [0.05, 0.1) is 23.2 Å². The molecule has 0 aliphatic carbocycles. The zero-order chi connectivity index (χ0) is 12.8. The van der Waals surface area contributed by atoms with E-state index in [1.807, 2.05) is 12.1 Å². The average Bonchev–Trinajstić information content (AvgIpc) is 2.69. The third-order valence-electron chi connectivity index (χ3n) is 3.32. The molecule has 0 unspecified atom stereocenters. The summed E-state index contributed by atoms with van der Waals surface area (Å²) in [5, 5.41) is 0. The predicted molar refractivity (Wildman–Crippen MR) is 66.5 cm³/mol. The second-order valence-electron chi connectivity index (χ2n) is 4.58. The molecule has 6 heteroatoms. The van der Waals surface area contributed by atoms with Crippen molar-refractivity contribution >= 4 is 21.4 Å². The van der Waals surface area contributed by atoms with Crippen molar-refractivity contribution in [1.29, 1.82) is 0 Å². The number of fused-ring (bicyclic) bond motifs is 1. The van der Waals surface area contributed by atoms with Crippen LogP contribution in [0, 0.1) is 0 Å². The maximum absolute atomic E-state index is 12.0. The van der Waals surface area contributed by atoms with Crippen molar-refractivity contribution in [2.24, 2.45) is 0 Å². The summed E-state index contributed by atoms with van der Waals surface area (Å²) in [5.74, 6) is 0.676. The minimum absolute atomic E-state index is 0.0203. The van der Waals surface area contributed by atoms with Gasteiger partial charge in [-0.05, 0) is 18.6 Å². The molecule has 0 radical (unpaired) electrons. The summed E-state index contributed by atoms with van der Waals surface area (Å²) in [6.07, 6.45) is 0.502. The van der Waals surface area contributed by atoms with Crippen molar-refractivity contribution < 1.29 is 17.9 Å². The highest BCUT2D eigenvalue weighted by Crippen LogP contribution is 2.35. The van der Waals surface area contributed by atoms with E-state index in [-0.39, 0.29) is 30.1 Å². The number of ether oxygens (including phenoxy) is 1. The Labute approximate surface area is 105 Å². The van der Waals surface area contributed by atoms with Crippen LogP contribution >= 0.6 is 0 Å². The number of hydrogen-bond donors (Lipinski definition) is 0. The lowest BCUT2D eigenvalue weighted by Gasteiger charge is -2.33. The number of hydrogen-bond acceptors (Lipinski definition) is 4. The van der Waals surface area contributed by atoms with Crippen molar-refractivity contribution in [2.75, 3.05) is 23.0 Å². The molecular weight excluding hydrogens is 254 g/mol. The second-order valence-corrected chi connectivity index (χ2v) is 6.81. The van der Waals surface area contributed by atoms with Gasteiger partial charge in [0.25, 0.3) is 5.91 Å². The van der Waals surface area contributed by atoms with Gasteiger partial charge in [-0.15, -0.1) is 0 Å². The van der Waals surface area contributed by atoms with Crippen LogP contribution in [-0.2, 0) is 14.6 Å². The molecule has 1 aromatic carbocycles. The third kappa shape index (κ3) is 1.86. The van der Waals surface area contributed by atoms with Gasteiger partial charge in [-0.1, -0.05) is 12.1 Å². The Bertz CT molecular complexity index is 596. The van der Waals surface area contributed by atoms with Gasteiger partial charge in [-0.25, -0.2) is 8.42 Å². The summed E-state index contributed by atoms with van der Waals surface area (Å²) in [7, 11) is -3.01. The van der Waals surface area contributed by atoms with Crippen LogP contribution in [0.4, 0.5) is 5.69 Å². The van der Waals surface area contributed by atoms with E-state index < -0.39 is 9.84 Å². The highest BCUT2D eigenvalue weighted by atomic mass is 32.2. The first-order chi connectivity index (χ1) is 8.57. The van der Waals surface area contributed by atoms with E-state index in [4.69, 9.17) is 4.74 Å². The zero-order valence-electron chi connectivity index (χ0n) is 9.70. The lowest BCUT2D eigenvalue weighted by Crippen LogP contribution is -2.46. The minimum atomic E-state index is -3.01. The van der Waals surface area contributed by atoms with Crippen molar-refractivity contribution in [3.8, 4) is 5.75 Å². The quantitative estimate of drug-likeness (QED) is 0.747. The summed E-state index contributed by atoms with van der Waals surface area (Å²) in [5.41, 5.74) is 0.677. The largest absolute Gasteiger partial charge is 0.482 e. The van der Waals surface area contributed by atoms with Gasteiger partial charge in [-0.2, -0.15) is 0 Å². The third-order valence-corrected chi connectivity index (χ3v) is 5.07. The molecule has 0 aromatic heterocycles. The van der Waals surface area contributed by atoms with Gasteiger partial charge in [0.2, 0.25) is 0 Å². The lowest BCUT2D eigenvalue weighted by molar-refractivity contribution is -0.121. The highest BCUT2D eigenvalue weighted by molar-refractivity contribution is 7.91. The van der Waals surface area contributed by atoms with Crippen LogP contribution in [0.15, 0.2) is 24.3 Å². The number of carbonyl (C=O) groups excluding carboxylic acids is 1. The normalized spacial score (nSPS) is 25.7. The topological polar surface area (TPSA) is 63.7 Å². The van der Waals surface area contributed by atoms with Crippen molar-refractivity contribution in [3.63, 3.8) is 0 Å². The summed E-state index contributed by atoms with van der Waals surface area (Å²) < 4.78 is 28.4. The van der Waals surface area contributed by atoms with Crippen molar-refractivity contribution in [2.45, 2.75) is 12.5 Å². The Hall–Kier alpha value is -1.56. The molecule has 1 amide bonds. The smallest absolute Gasteiger partial charge is 0.265 e. The van der Waals surface area contributed by atoms with Crippen LogP contribution in [0.25, 0.3) is 0 Å². The number of carbonyl (C=O) groups is 1. The summed E-state index contributed by atoms with van der Waals surface area (Å²) >= 11 is 0. The van der Waals surface area contributed by atoms with Gasteiger partial charge >= 0.3 is 0 Å². The molecule has 0 N–H and O–H groups in total. The van der Waals surface area contributed by atoms with Crippen LogP contribution < -0.4 is 9.64 Å². The summed E-state index contributed by atoms with van der Waals surface area (Å²) in [4.78, 5) is 13.5. The molecule has 2 aliphatic heterocycles. The van der Waals surface area contributed by atoms with E-state index in [2.05, 4.69) is 0 Å². The van der Waals surface area contributed by atoms with Gasteiger partial charge in [0.15, 0.2) is 16.4 Å². The second kappa shape index (κ2) is 3.98. The number of nitrogens with zero attached hydrogens (tertiary/aromatic N) is 1. The molecule has 2 aliphatic rings. The maximum atomic E-state index is 12.0. The monoisotopic (exact) mass is 267 g/mol. The Morgan fingerprint density at radius 1 is 1.28 bits per heavy atom. The SMILES string of the molecule is O=C1COc2ccccc2N1[C@H]1CCS(=O)(=O)C1. The molecule has 1 saturated heterocycles. The minimum Gasteiger partial charge on any atom is -0.482 e. The highest BCUT2D eigenvalue weighted by Gasteiger charge is 2.38. The van der Waals surface area contributed by atoms with Crippen LogP contribution in [0.1, 0.15) is 6.42 Å². The number of anilines is 1. The number of amides is 1. The van der Waals surface area contributed by atoms with E-state index in [1.165, 1.54) is 0 Å². The predicted octanol–water partition coefficient (Wildman–Crippen LogP) is 0.599. The lowest BCUT2D eigenvalue weighted by atomic mass is 10.1. The number of rotatable bonds is 1. The molecule has 1 aromatic rings. The standard InChI is InChI=1S/C12H13NO4S/c14-12-7-17-11-4-2-1-3-10(11)13(12)9-5-6-18(15,16)8-9/h1-4,9H,5-8H2/t9-/m0/s1. The molecule has 96 valence electrons. The van der Waals surface area contributed by atoms with E-state index in [1.54, 1.807) is 17.0 Å². The van der Waals surface area contributed by atoms with E-state index in [9.17, 15) is 13.2 Å².